The van der Waals surface area contributed by atoms with Crippen molar-refractivity contribution < 1.29 is 28.6 Å². The van der Waals surface area contributed by atoms with E-state index in [0.717, 1.165) is 161 Å². The van der Waals surface area contributed by atoms with E-state index in [0.29, 0.717) is 19.3 Å². The van der Waals surface area contributed by atoms with Crippen molar-refractivity contribution in [2.75, 3.05) is 13.2 Å². The molecule has 452 valence electrons. The van der Waals surface area contributed by atoms with Crippen LogP contribution in [-0.4, -0.2) is 37.2 Å². The van der Waals surface area contributed by atoms with Crippen LogP contribution in [0.15, 0.2) is 146 Å². The summed E-state index contributed by atoms with van der Waals surface area (Å²) in [5, 5.41) is 0. The topological polar surface area (TPSA) is 78.9 Å². The molecule has 80 heavy (non-hydrogen) atoms. The molecular weight excluding hydrogens is 985 g/mol. The summed E-state index contributed by atoms with van der Waals surface area (Å²) >= 11 is 0. The lowest BCUT2D eigenvalue weighted by Crippen LogP contribution is -2.30. The third kappa shape index (κ3) is 64.1. The van der Waals surface area contributed by atoms with Gasteiger partial charge < -0.3 is 14.2 Å². The minimum absolute atomic E-state index is 0.0999. The van der Waals surface area contributed by atoms with Crippen LogP contribution in [0.4, 0.5) is 0 Å². The van der Waals surface area contributed by atoms with Gasteiger partial charge in [-0.2, -0.15) is 0 Å². The second-order valence-corrected chi connectivity index (χ2v) is 21.3. The number of hydrogen-bond acceptors (Lipinski definition) is 6. The van der Waals surface area contributed by atoms with E-state index >= 15 is 0 Å². The van der Waals surface area contributed by atoms with Gasteiger partial charge in [0.25, 0.3) is 0 Å². The van der Waals surface area contributed by atoms with Crippen LogP contribution in [0, 0.1) is 0 Å². The molecule has 0 amide bonds. The van der Waals surface area contributed by atoms with Crippen LogP contribution < -0.4 is 0 Å². The standard InChI is InChI=1S/C74H120O6/c1-4-7-10-13-16-19-22-25-28-31-33-35-37-39-41-43-46-49-52-55-58-61-64-67-73(76)79-70-71(69-78-72(75)66-63-60-57-54-51-48-45-30-27-24-21-18-15-12-9-6-3)80-74(77)68-65-62-59-56-53-50-47-44-42-40-38-36-34-32-29-26-23-20-17-14-11-8-5-2/h7-8,10-11,16-17,19-21,24-26,28-30,33-36,39,41,45-46,49,71H,4-6,9,12-15,18,22-23,27,31-32,37-38,40,42-44,47-48,50-70H2,1-3H3/b10-7-,11-8-,19-16-,20-17-,24-21-,28-25-,29-26-,35-33-,36-34-,41-39-,45-30-,49-46-. The molecule has 1 unspecified atom stereocenters. The Morgan fingerprint density at radius 1 is 0.263 bits per heavy atom. The molecule has 0 heterocycles. The Morgan fingerprint density at radius 2 is 0.487 bits per heavy atom. The first kappa shape index (κ1) is 75.3. The summed E-state index contributed by atoms with van der Waals surface area (Å²) in [6.45, 7) is 6.37. The van der Waals surface area contributed by atoms with Gasteiger partial charge in [0.15, 0.2) is 6.10 Å². The highest BCUT2D eigenvalue weighted by atomic mass is 16.6. The SMILES string of the molecule is CC/C=C\C/C=C\C/C=C\C/C=C\C/C=C\C/C=C\CCCCCCC(=O)OCC(COC(=O)CCCCCCC/C=C\C/C=C\CCCCCC)OC(=O)CCCCCCCCCCCC/C=C\C/C=C\C/C=C\C/C=C\CC. The Morgan fingerprint density at radius 3 is 0.762 bits per heavy atom. The number of hydrogen-bond donors (Lipinski definition) is 0. The number of rotatable bonds is 58. The van der Waals surface area contributed by atoms with Crippen LogP contribution >= 0.6 is 0 Å². The zero-order valence-electron chi connectivity index (χ0n) is 51.8. The molecule has 0 fully saturated rings. The fraction of sp³-hybridized carbons (Fsp3) is 0.635. The zero-order chi connectivity index (χ0) is 57.8. The van der Waals surface area contributed by atoms with Crippen molar-refractivity contribution in [3.05, 3.63) is 146 Å². The average molecular weight is 1110 g/mol. The van der Waals surface area contributed by atoms with Gasteiger partial charge in [-0.05, 0) is 141 Å². The van der Waals surface area contributed by atoms with Crippen LogP contribution in [-0.2, 0) is 28.6 Å². The molecule has 0 aromatic heterocycles. The number of ether oxygens (including phenoxy) is 3. The maximum Gasteiger partial charge on any atom is 0.306 e. The van der Waals surface area contributed by atoms with Gasteiger partial charge in [0.2, 0.25) is 0 Å². The molecule has 0 N–H and O–H groups in total. The van der Waals surface area contributed by atoms with Gasteiger partial charge in [0.1, 0.15) is 13.2 Å². The van der Waals surface area contributed by atoms with Gasteiger partial charge in [0.05, 0.1) is 0 Å². The number of allylic oxidation sites excluding steroid dienone is 24. The van der Waals surface area contributed by atoms with E-state index in [2.05, 4.69) is 167 Å². The van der Waals surface area contributed by atoms with Crippen LogP contribution in [0.3, 0.4) is 0 Å². The maximum atomic E-state index is 12.9. The summed E-state index contributed by atoms with van der Waals surface area (Å²) in [5.41, 5.74) is 0. The highest BCUT2D eigenvalue weighted by molar-refractivity contribution is 5.71. The van der Waals surface area contributed by atoms with Crippen molar-refractivity contribution in [2.24, 2.45) is 0 Å². The predicted octanol–water partition coefficient (Wildman–Crippen LogP) is 22.7. The molecule has 0 rings (SSSR count). The van der Waals surface area contributed by atoms with E-state index in [-0.39, 0.29) is 31.1 Å². The summed E-state index contributed by atoms with van der Waals surface area (Å²) in [4.78, 5) is 38.4. The van der Waals surface area contributed by atoms with Gasteiger partial charge in [0, 0.05) is 19.3 Å². The number of carbonyl (C=O) groups is 3. The monoisotopic (exact) mass is 1100 g/mol. The molecule has 0 aliphatic rings. The lowest BCUT2D eigenvalue weighted by atomic mass is 10.0. The first-order chi connectivity index (χ1) is 39.5. The van der Waals surface area contributed by atoms with Crippen LogP contribution in [0.5, 0.6) is 0 Å². The second-order valence-electron chi connectivity index (χ2n) is 21.3. The molecule has 0 aromatic carbocycles. The summed E-state index contributed by atoms with van der Waals surface area (Å²) in [6, 6.07) is 0. The molecule has 0 aliphatic carbocycles. The molecular formula is C74H120O6. The highest BCUT2D eigenvalue weighted by Gasteiger charge is 2.19. The van der Waals surface area contributed by atoms with E-state index < -0.39 is 6.10 Å². The molecule has 0 aliphatic heterocycles. The summed E-state index contributed by atoms with van der Waals surface area (Å²) in [7, 11) is 0. The van der Waals surface area contributed by atoms with Crippen molar-refractivity contribution in [2.45, 2.75) is 290 Å². The minimum Gasteiger partial charge on any atom is -0.462 e. The molecule has 1 atom stereocenters. The van der Waals surface area contributed by atoms with Gasteiger partial charge in [-0.25, -0.2) is 0 Å². The third-order valence-corrected chi connectivity index (χ3v) is 13.6. The fourth-order valence-corrected chi connectivity index (χ4v) is 8.70. The number of carbonyl (C=O) groups excluding carboxylic acids is 3. The van der Waals surface area contributed by atoms with Gasteiger partial charge in [-0.3, -0.25) is 14.4 Å². The van der Waals surface area contributed by atoms with E-state index in [9.17, 15) is 14.4 Å². The van der Waals surface area contributed by atoms with Gasteiger partial charge in [-0.1, -0.05) is 269 Å². The van der Waals surface area contributed by atoms with Crippen LogP contribution in [0.25, 0.3) is 0 Å². The quantitative estimate of drug-likeness (QED) is 0.0261. The molecule has 0 aromatic rings. The third-order valence-electron chi connectivity index (χ3n) is 13.6. The summed E-state index contributed by atoms with van der Waals surface area (Å²) in [5.74, 6) is -0.940. The van der Waals surface area contributed by atoms with Crippen molar-refractivity contribution in [1.82, 2.24) is 0 Å². The van der Waals surface area contributed by atoms with Crippen molar-refractivity contribution in [3.8, 4) is 0 Å². The lowest BCUT2D eigenvalue weighted by molar-refractivity contribution is -0.167. The molecule has 0 saturated heterocycles. The first-order valence-corrected chi connectivity index (χ1v) is 32.8. The highest BCUT2D eigenvalue weighted by Crippen LogP contribution is 2.15. The summed E-state index contributed by atoms with van der Waals surface area (Å²) < 4.78 is 16.9. The predicted molar refractivity (Wildman–Crippen MR) is 348 cm³/mol. The first-order valence-electron chi connectivity index (χ1n) is 32.8. The van der Waals surface area contributed by atoms with Crippen LogP contribution in [0.2, 0.25) is 0 Å². The van der Waals surface area contributed by atoms with Crippen LogP contribution in [0.1, 0.15) is 284 Å². The van der Waals surface area contributed by atoms with Crippen molar-refractivity contribution in [3.63, 3.8) is 0 Å². The minimum atomic E-state index is -0.806. The Hall–Kier alpha value is -4.71. The fourth-order valence-electron chi connectivity index (χ4n) is 8.70. The Balaban J connectivity index is 4.47. The largest absolute Gasteiger partial charge is 0.462 e. The number of esters is 3. The molecule has 0 radical (unpaired) electrons. The molecule has 0 bridgehead atoms. The van der Waals surface area contributed by atoms with E-state index in [4.69, 9.17) is 14.2 Å². The number of unbranched alkanes of at least 4 members (excludes halogenated alkanes) is 23. The van der Waals surface area contributed by atoms with E-state index in [1.54, 1.807) is 0 Å². The average Bonchev–Trinajstić information content (AvgIpc) is 3.46. The lowest BCUT2D eigenvalue weighted by Gasteiger charge is -2.18. The van der Waals surface area contributed by atoms with Gasteiger partial charge in [-0.15, -0.1) is 0 Å². The summed E-state index contributed by atoms with van der Waals surface area (Å²) in [6.07, 6.45) is 95.6. The van der Waals surface area contributed by atoms with Crippen molar-refractivity contribution in [1.29, 1.82) is 0 Å². The Bertz CT molecular complexity index is 1750. The molecule has 6 heteroatoms. The van der Waals surface area contributed by atoms with Crippen molar-refractivity contribution >= 4 is 17.9 Å². The molecule has 0 saturated carbocycles. The smallest absolute Gasteiger partial charge is 0.306 e. The Kier molecular flexibility index (Phi) is 62.9. The maximum absolute atomic E-state index is 12.9. The van der Waals surface area contributed by atoms with Gasteiger partial charge >= 0.3 is 17.9 Å². The van der Waals surface area contributed by atoms with E-state index in [1.165, 1.54) is 83.5 Å². The van der Waals surface area contributed by atoms with E-state index in [1.807, 2.05) is 0 Å². The normalized spacial score (nSPS) is 13.1. The Labute approximate surface area is 493 Å². The second kappa shape index (κ2) is 66.8. The molecule has 0 spiro atoms. The molecule has 6 nitrogen and oxygen atoms in total. The zero-order valence-corrected chi connectivity index (χ0v) is 51.8.